The third kappa shape index (κ3) is 4.13. The molecule has 4 nitrogen and oxygen atoms in total. The second-order valence-electron chi connectivity index (χ2n) is 6.88. The Morgan fingerprint density at radius 1 is 1.50 bits per heavy atom. The highest BCUT2D eigenvalue weighted by Crippen LogP contribution is 2.51. The summed E-state index contributed by atoms with van der Waals surface area (Å²) in [5, 5.41) is 3.56. The van der Waals surface area contributed by atoms with Crippen LogP contribution >= 0.6 is 11.6 Å². The number of carbonyl (C=O) groups excluding carboxylic acids is 1. The van der Waals surface area contributed by atoms with E-state index in [0.717, 1.165) is 30.6 Å². The SMILES string of the molecule is C=CC=CC(=COC)NC(=O)CC1CC2(CCC2)Oc2ccc(Cl)cc21. The summed E-state index contributed by atoms with van der Waals surface area (Å²) in [4.78, 5) is 12.6. The van der Waals surface area contributed by atoms with Gasteiger partial charge >= 0.3 is 0 Å². The van der Waals surface area contributed by atoms with Crippen molar-refractivity contribution in [3.63, 3.8) is 0 Å². The van der Waals surface area contributed by atoms with Crippen LogP contribution in [0.3, 0.4) is 0 Å². The molecule has 26 heavy (non-hydrogen) atoms. The third-order valence-corrected chi connectivity index (χ3v) is 5.23. The smallest absolute Gasteiger partial charge is 0.225 e. The molecular weight excluding hydrogens is 350 g/mol. The van der Waals surface area contributed by atoms with Crippen molar-refractivity contribution in [2.24, 2.45) is 0 Å². The van der Waals surface area contributed by atoms with Crippen molar-refractivity contribution in [1.29, 1.82) is 0 Å². The Kier molecular flexibility index (Phi) is 5.72. The molecule has 1 unspecified atom stereocenters. The van der Waals surface area contributed by atoms with Crippen LogP contribution in [-0.4, -0.2) is 18.6 Å². The van der Waals surface area contributed by atoms with Crippen LogP contribution in [0.25, 0.3) is 0 Å². The first-order valence-electron chi connectivity index (χ1n) is 8.85. The van der Waals surface area contributed by atoms with Gasteiger partial charge in [-0.1, -0.05) is 30.3 Å². The highest BCUT2D eigenvalue weighted by Gasteiger charge is 2.45. The Hall–Kier alpha value is -2.20. The number of allylic oxidation sites excluding steroid dienone is 3. The Morgan fingerprint density at radius 3 is 2.96 bits per heavy atom. The van der Waals surface area contributed by atoms with Gasteiger partial charge in [-0.3, -0.25) is 4.79 Å². The van der Waals surface area contributed by atoms with E-state index in [0.29, 0.717) is 17.1 Å². The molecule has 1 aliphatic heterocycles. The molecule has 1 aromatic rings. The summed E-state index contributed by atoms with van der Waals surface area (Å²) in [5.41, 5.74) is 1.50. The van der Waals surface area contributed by atoms with E-state index in [1.165, 1.54) is 12.7 Å². The molecule has 1 spiro atoms. The van der Waals surface area contributed by atoms with Gasteiger partial charge in [-0.2, -0.15) is 0 Å². The second kappa shape index (κ2) is 8.00. The second-order valence-corrected chi connectivity index (χ2v) is 7.31. The normalized spacial score (nSPS) is 20.8. The van der Waals surface area contributed by atoms with Gasteiger partial charge in [-0.05, 0) is 55.5 Å². The highest BCUT2D eigenvalue weighted by molar-refractivity contribution is 6.30. The topological polar surface area (TPSA) is 47.6 Å². The van der Waals surface area contributed by atoms with E-state index in [2.05, 4.69) is 11.9 Å². The molecule has 1 heterocycles. The molecule has 2 aliphatic rings. The predicted octanol–water partition coefficient (Wildman–Crippen LogP) is 4.87. The van der Waals surface area contributed by atoms with Crippen LogP contribution < -0.4 is 10.1 Å². The maximum atomic E-state index is 12.6. The number of methoxy groups -OCH3 is 1. The van der Waals surface area contributed by atoms with E-state index < -0.39 is 0 Å². The van der Waals surface area contributed by atoms with Crippen molar-refractivity contribution < 1.29 is 14.3 Å². The van der Waals surface area contributed by atoms with Gasteiger partial charge in [-0.15, -0.1) is 0 Å². The number of amides is 1. The van der Waals surface area contributed by atoms with E-state index in [4.69, 9.17) is 21.1 Å². The molecule has 0 aromatic heterocycles. The average Bonchev–Trinajstić information content (AvgIpc) is 2.58. The number of benzene rings is 1. The monoisotopic (exact) mass is 373 g/mol. The van der Waals surface area contributed by atoms with Crippen LogP contribution in [0, 0.1) is 0 Å². The van der Waals surface area contributed by atoms with Crippen LogP contribution in [0.15, 0.2) is 55.0 Å². The fourth-order valence-corrected chi connectivity index (χ4v) is 3.85. The van der Waals surface area contributed by atoms with Crippen molar-refractivity contribution in [1.82, 2.24) is 5.32 Å². The molecule has 0 saturated heterocycles. The zero-order valence-corrected chi connectivity index (χ0v) is 15.7. The van der Waals surface area contributed by atoms with Crippen molar-refractivity contribution in [3.8, 4) is 5.75 Å². The van der Waals surface area contributed by atoms with E-state index in [1.807, 2.05) is 18.2 Å². The number of ether oxygens (including phenoxy) is 2. The minimum Gasteiger partial charge on any atom is -0.502 e. The zero-order valence-electron chi connectivity index (χ0n) is 15.0. The molecule has 0 bridgehead atoms. The molecule has 1 N–H and O–H groups in total. The highest BCUT2D eigenvalue weighted by atomic mass is 35.5. The first-order valence-corrected chi connectivity index (χ1v) is 9.23. The van der Waals surface area contributed by atoms with Crippen molar-refractivity contribution in [2.75, 3.05) is 7.11 Å². The van der Waals surface area contributed by atoms with Gasteiger partial charge < -0.3 is 14.8 Å². The van der Waals surface area contributed by atoms with Crippen LogP contribution in [-0.2, 0) is 9.53 Å². The number of hydrogen-bond donors (Lipinski definition) is 1. The summed E-state index contributed by atoms with van der Waals surface area (Å²) in [6.45, 7) is 3.64. The minimum absolute atomic E-state index is 0.0608. The molecule has 3 rings (SSSR count). The molecule has 138 valence electrons. The Morgan fingerprint density at radius 2 is 2.31 bits per heavy atom. The molecular formula is C21H24ClNO3. The molecule has 1 amide bonds. The first-order chi connectivity index (χ1) is 12.5. The van der Waals surface area contributed by atoms with Crippen molar-refractivity contribution in [3.05, 3.63) is 65.6 Å². The Bertz CT molecular complexity index is 750. The van der Waals surface area contributed by atoms with Crippen LogP contribution in [0.1, 0.15) is 43.6 Å². The fraction of sp³-hybridized carbons (Fsp3) is 0.381. The number of hydrogen-bond acceptors (Lipinski definition) is 3. The number of fused-ring (bicyclic) bond motifs is 1. The zero-order chi connectivity index (χ0) is 18.6. The lowest BCUT2D eigenvalue weighted by atomic mass is 9.70. The average molecular weight is 374 g/mol. The van der Waals surface area contributed by atoms with Gasteiger partial charge in [0.15, 0.2) is 0 Å². The first kappa shape index (κ1) is 18.6. The lowest BCUT2D eigenvalue weighted by Gasteiger charge is -2.48. The van der Waals surface area contributed by atoms with E-state index in [-0.39, 0.29) is 17.4 Å². The molecule has 1 aliphatic carbocycles. The summed E-state index contributed by atoms with van der Waals surface area (Å²) in [5.74, 6) is 0.886. The lowest BCUT2D eigenvalue weighted by molar-refractivity contribution is -0.121. The van der Waals surface area contributed by atoms with Crippen LogP contribution in [0.4, 0.5) is 0 Å². The summed E-state index contributed by atoms with van der Waals surface area (Å²) in [6.07, 6.45) is 11.1. The molecule has 1 aromatic carbocycles. The largest absolute Gasteiger partial charge is 0.502 e. The third-order valence-electron chi connectivity index (χ3n) is 4.99. The fourth-order valence-electron chi connectivity index (χ4n) is 3.67. The van der Waals surface area contributed by atoms with E-state index in [1.54, 1.807) is 25.3 Å². The van der Waals surface area contributed by atoms with Gasteiger partial charge in [0.2, 0.25) is 5.91 Å². The Labute approximate surface area is 159 Å². The van der Waals surface area contributed by atoms with Crippen molar-refractivity contribution >= 4 is 17.5 Å². The summed E-state index contributed by atoms with van der Waals surface area (Å²) in [7, 11) is 1.55. The standard InChI is InChI=1S/C21H24ClNO3/c1-3-4-6-17(14-25-2)23-20(24)11-15-13-21(9-5-10-21)26-19-8-7-16(22)12-18(15)19/h3-4,6-8,12,14-15H,1,5,9-11,13H2,2H3,(H,23,24). The van der Waals surface area contributed by atoms with Gasteiger partial charge in [0.05, 0.1) is 12.8 Å². The number of halogens is 1. The van der Waals surface area contributed by atoms with Crippen molar-refractivity contribution in [2.45, 2.75) is 43.6 Å². The number of carbonyl (C=O) groups is 1. The van der Waals surface area contributed by atoms with E-state index >= 15 is 0 Å². The summed E-state index contributed by atoms with van der Waals surface area (Å²) < 4.78 is 11.3. The summed E-state index contributed by atoms with van der Waals surface area (Å²) >= 11 is 6.18. The van der Waals surface area contributed by atoms with E-state index in [9.17, 15) is 4.79 Å². The molecule has 1 atom stereocenters. The molecule has 1 fully saturated rings. The molecule has 0 radical (unpaired) electrons. The minimum atomic E-state index is -0.111. The molecule has 5 heteroatoms. The summed E-state index contributed by atoms with van der Waals surface area (Å²) in [6, 6.07) is 5.68. The van der Waals surface area contributed by atoms with Crippen LogP contribution in [0.2, 0.25) is 5.02 Å². The van der Waals surface area contributed by atoms with Crippen LogP contribution in [0.5, 0.6) is 5.75 Å². The number of rotatable bonds is 6. The Balaban J connectivity index is 1.76. The maximum Gasteiger partial charge on any atom is 0.225 e. The van der Waals surface area contributed by atoms with Gasteiger partial charge in [-0.25, -0.2) is 0 Å². The van der Waals surface area contributed by atoms with Gasteiger partial charge in [0.1, 0.15) is 17.6 Å². The maximum absolute atomic E-state index is 12.6. The quantitative estimate of drug-likeness (QED) is 0.572. The van der Waals surface area contributed by atoms with Gasteiger partial charge in [0, 0.05) is 17.4 Å². The lowest BCUT2D eigenvalue weighted by Crippen LogP contribution is -2.47. The van der Waals surface area contributed by atoms with Gasteiger partial charge in [0.25, 0.3) is 0 Å². The number of nitrogens with one attached hydrogen (secondary N) is 1. The predicted molar refractivity (Wildman–Crippen MR) is 103 cm³/mol. The molecule has 1 saturated carbocycles.